The van der Waals surface area contributed by atoms with E-state index in [0.29, 0.717) is 19.6 Å². The zero-order valence-electron chi connectivity index (χ0n) is 10.4. The van der Waals surface area contributed by atoms with E-state index >= 15 is 0 Å². The van der Waals surface area contributed by atoms with Crippen molar-refractivity contribution in [1.29, 1.82) is 0 Å². The SMILES string of the molecule is CC(C)(C)OC(=O)CCN(CCO)CCO. The second-order valence-electron chi connectivity index (χ2n) is 4.63. The van der Waals surface area contributed by atoms with Crippen LogP contribution in [0.5, 0.6) is 0 Å². The molecule has 0 aliphatic carbocycles. The van der Waals surface area contributed by atoms with Crippen LogP contribution < -0.4 is 0 Å². The fourth-order valence-corrected chi connectivity index (χ4v) is 1.26. The second-order valence-corrected chi connectivity index (χ2v) is 4.63. The molecule has 0 spiro atoms. The molecule has 0 aliphatic rings. The number of hydrogen-bond donors (Lipinski definition) is 2. The second kappa shape index (κ2) is 7.60. The largest absolute Gasteiger partial charge is 0.460 e. The summed E-state index contributed by atoms with van der Waals surface area (Å²) in [4.78, 5) is 13.2. The highest BCUT2D eigenvalue weighted by Gasteiger charge is 2.16. The lowest BCUT2D eigenvalue weighted by Gasteiger charge is -2.22. The van der Waals surface area contributed by atoms with Gasteiger partial charge in [0, 0.05) is 19.6 Å². The lowest BCUT2D eigenvalue weighted by molar-refractivity contribution is -0.155. The smallest absolute Gasteiger partial charge is 0.307 e. The van der Waals surface area contributed by atoms with Crippen molar-refractivity contribution in [2.45, 2.75) is 32.8 Å². The quantitative estimate of drug-likeness (QED) is 0.606. The van der Waals surface area contributed by atoms with E-state index in [2.05, 4.69) is 0 Å². The Bertz CT molecular complexity index is 195. The van der Waals surface area contributed by atoms with Crippen molar-refractivity contribution in [3.63, 3.8) is 0 Å². The number of rotatable bonds is 7. The summed E-state index contributed by atoms with van der Waals surface area (Å²) in [6, 6.07) is 0. The van der Waals surface area contributed by atoms with Gasteiger partial charge in [-0.25, -0.2) is 0 Å². The molecule has 0 radical (unpaired) electrons. The highest BCUT2D eigenvalue weighted by Crippen LogP contribution is 2.08. The summed E-state index contributed by atoms with van der Waals surface area (Å²) < 4.78 is 5.15. The monoisotopic (exact) mass is 233 g/mol. The Morgan fingerprint density at radius 2 is 1.62 bits per heavy atom. The molecule has 0 heterocycles. The molecule has 0 bridgehead atoms. The number of carbonyl (C=O) groups excluding carboxylic acids is 1. The third-order valence-electron chi connectivity index (χ3n) is 1.88. The van der Waals surface area contributed by atoms with Gasteiger partial charge in [0.1, 0.15) is 5.60 Å². The Balaban J connectivity index is 3.86. The summed E-state index contributed by atoms with van der Waals surface area (Å²) >= 11 is 0. The molecule has 0 fully saturated rings. The minimum absolute atomic E-state index is 0.0221. The molecule has 5 heteroatoms. The van der Waals surface area contributed by atoms with Gasteiger partial charge in [-0.3, -0.25) is 9.69 Å². The summed E-state index contributed by atoms with van der Waals surface area (Å²) in [5, 5.41) is 17.6. The van der Waals surface area contributed by atoms with Crippen LogP contribution in [-0.4, -0.2) is 59.5 Å². The van der Waals surface area contributed by atoms with E-state index in [1.54, 1.807) is 0 Å². The standard InChI is InChI=1S/C11H23NO4/c1-11(2,3)16-10(15)4-5-12(6-8-13)7-9-14/h13-14H,4-9H2,1-3H3. The number of hydrogen-bond acceptors (Lipinski definition) is 5. The number of carbonyl (C=O) groups is 1. The van der Waals surface area contributed by atoms with E-state index in [1.807, 2.05) is 25.7 Å². The van der Waals surface area contributed by atoms with E-state index in [-0.39, 0.29) is 25.6 Å². The predicted molar refractivity (Wildman–Crippen MR) is 61.1 cm³/mol. The molecule has 0 aliphatic heterocycles. The normalized spacial score (nSPS) is 11.9. The van der Waals surface area contributed by atoms with Gasteiger partial charge in [-0.05, 0) is 20.8 Å². The summed E-state index contributed by atoms with van der Waals surface area (Å²) in [6.07, 6.45) is 0.275. The van der Waals surface area contributed by atoms with Gasteiger partial charge < -0.3 is 14.9 Å². The van der Waals surface area contributed by atoms with Gasteiger partial charge in [0.05, 0.1) is 19.6 Å². The van der Waals surface area contributed by atoms with Crippen molar-refractivity contribution in [2.24, 2.45) is 0 Å². The first-order valence-electron chi connectivity index (χ1n) is 5.55. The molecule has 0 unspecified atom stereocenters. The van der Waals surface area contributed by atoms with Gasteiger partial charge in [-0.15, -0.1) is 0 Å². The maximum Gasteiger partial charge on any atom is 0.307 e. The van der Waals surface area contributed by atoms with E-state index in [0.717, 1.165) is 0 Å². The first kappa shape index (κ1) is 15.3. The van der Waals surface area contributed by atoms with Crippen LogP contribution in [0.1, 0.15) is 27.2 Å². The maximum absolute atomic E-state index is 11.4. The van der Waals surface area contributed by atoms with Crippen molar-refractivity contribution in [3.8, 4) is 0 Å². The van der Waals surface area contributed by atoms with Gasteiger partial charge >= 0.3 is 5.97 Å². The Morgan fingerprint density at radius 3 is 2.00 bits per heavy atom. The molecular weight excluding hydrogens is 210 g/mol. The number of aliphatic hydroxyl groups is 2. The van der Waals surface area contributed by atoms with Gasteiger partial charge in [0.2, 0.25) is 0 Å². The molecule has 0 amide bonds. The Hall–Kier alpha value is -0.650. The van der Waals surface area contributed by atoms with Crippen LogP contribution in [0, 0.1) is 0 Å². The average molecular weight is 233 g/mol. The first-order chi connectivity index (χ1) is 7.39. The first-order valence-corrected chi connectivity index (χ1v) is 5.55. The van der Waals surface area contributed by atoms with Crippen molar-refractivity contribution in [3.05, 3.63) is 0 Å². The van der Waals surface area contributed by atoms with E-state index in [1.165, 1.54) is 0 Å². The molecule has 0 aromatic carbocycles. The van der Waals surface area contributed by atoms with Crippen molar-refractivity contribution < 1.29 is 19.7 Å². The van der Waals surface area contributed by atoms with Gasteiger partial charge in [0.15, 0.2) is 0 Å². The lowest BCUT2D eigenvalue weighted by Crippen LogP contribution is -2.33. The van der Waals surface area contributed by atoms with E-state index in [4.69, 9.17) is 14.9 Å². The van der Waals surface area contributed by atoms with Crippen LogP contribution in [0.25, 0.3) is 0 Å². The number of esters is 1. The number of aliphatic hydroxyl groups excluding tert-OH is 2. The van der Waals surface area contributed by atoms with E-state index < -0.39 is 5.60 Å². The molecule has 0 atom stereocenters. The van der Waals surface area contributed by atoms with Crippen LogP contribution in [-0.2, 0) is 9.53 Å². The molecule has 96 valence electrons. The molecule has 0 aromatic heterocycles. The summed E-state index contributed by atoms with van der Waals surface area (Å²) in [5.74, 6) is -0.256. The molecular formula is C11H23NO4. The molecule has 5 nitrogen and oxygen atoms in total. The Labute approximate surface area is 97.0 Å². The summed E-state index contributed by atoms with van der Waals surface area (Å²) in [7, 11) is 0. The molecule has 2 N–H and O–H groups in total. The fourth-order valence-electron chi connectivity index (χ4n) is 1.26. The Kier molecular flexibility index (Phi) is 7.29. The minimum Gasteiger partial charge on any atom is -0.460 e. The average Bonchev–Trinajstić information content (AvgIpc) is 2.12. The number of nitrogens with zero attached hydrogens (tertiary/aromatic N) is 1. The van der Waals surface area contributed by atoms with Crippen LogP contribution in [0.3, 0.4) is 0 Å². The highest BCUT2D eigenvalue weighted by molar-refractivity contribution is 5.70. The summed E-state index contributed by atoms with van der Waals surface area (Å²) in [6.45, 7) is 6.93. The lowest BCUT2D eigenvalue weighted by atomic mass is 10.2. The fraction of sp³-hybridized carbons (Fsp3) is 0.909. The zero-order chi connectivity index (χ0) is 12.6. The molecule has 0 saturated heterocycles. The van der Waals surface area contributed by atoms with Gasteiger partial charge in [-0.1, -0.05) is 0 Å². The van der Waals surface area contributed by atoms with Gasteiger partial charge in [0.25, 0.3) is 0 Å². The molecule has 0 rings (SSSR count). The minimum atomic E-state index is -0.462. The number of ether oxygens (including phenoxy) is 1. The third-order valence-corrected chi connectivity index (χ3v) is 1.88. The summed E-state index contributed by atoms with van der Waals surface area (Å²) in [5.41, 5.74) is -0.462. The van der Waals surface area contributed by atoms with Crippen LogP contribution in [0.2, 0.25) is 0 Å². The Morgan fingerprint density at radius 1 is 1.12 bits per heavy atom. The molecule has 0 aromatic rings. The molecule has 0 saturated carbocycles. The maximum atomic E-state index is 11.4. The van der Waals surface area contributed by atoms with Crippen molar-refractivity contribution >= 4 is 5.97 Å². The van der Waals surface area contributed by atoms with Crippen molar-refractivity contribution in [1.82, 2.24) is 4.90 Å². The van der Waals surface area contributed by atoms with Crippen LogP contribution in [0.15, 0.2) is 0 Å². The third kappa shape index (κ3) is 8.64. The van der Waals surface area contributed by atoms with Crippen LogP contribution in [0.4, 0.5) is 0 Å². The zero-order valence-corrected chi connectivity index (χ0v) is 10.4. The van der Waals surface area contributed by atoms with Crippen molar-refractivity contribution in [2.75, 3.05) is 32.8 Å². The van der Waals surface area contributed by atoms with Gasteiger partial charge in [-0.2, -0.15) is 0 Å². The predicted octanol–water partition coefficient (Wildman–Crippen LogP) is 0.00480. The topological polar surface area (TPSA) is 70.0 Å². The highest BCUT2D eigenvalue weighted by atomic mass is 16.6. The van der Waals surface area contributed by atoms with Crippen LogP contribution >= 0.6 is 0 Å². The van der Waals surface area contributed by atoms with E-state index in [9.17, 15) is 4.79 Å². The molecule has 16 heavy (non-hydrogen) atoms.